The minimum absolute atomic E-state index is 0.0203. The molecule has 0 saturated carbocycles. The zero-order valence-corrected chi connectivity index (χ0v) is 25.5. The van der Waals surface area contributed by atoms with Crippen LogP contribution in [-0.2, 0) is 38.8 Å². The number of β-lactam (4-membered cyclic amide) rings is 1. The topological polar surface area (TPSA) is 118 Å². The summed E-state index contributed by atoms with van der Waals surface area (Å²) >= 11 is 4.29. The van der Waals surface area contributed by atoms with Crippen LogP contribution in [0.2, 0.25) is 0 Å². The lowest BCUT2D eigenvalue weighted by Crippen LogP contribution is -2.70. The van der Waals surface area contributed by atoms with Gasteiger partial charge in [0.05, 0.1) is 30.4 Å². The zero-order valence-electron chi connectivity index (χ0n) is 23.0. The molecule has 9 nitrogen and oxygen atoms in total. The number of nitrogens with zero attached hydrogens (tertiary/aromatic N) is 2. The van der Waals surface area contributed by atoms with Crippen molar-refractivity contribution in [3.63, 3.8) is 0 Å². The lowest BCUT2D eigenvalue weighted by molar-refractivity contribution is -0.153. The lowest BCUT2D eigenvalue weighted by Gasteiger charge is -2.49. The van der Waals surface area contributed by atoms with Crippen LogP contribution in [-0.4, -0.2) is 57.1 Å². The number of hydrogen-bond donors (Lipinski definition) is 2. The van der Waals surface area contributed by atoms with E-state index in [4.69, 9.17) is 14.5 Å². The number of esters is 1. The zero-order chi connectivity index (χ0) is 29.9. The number of amides is 2. The van der Waals surface area contributed by atoms with Crippen molar-refractivity contribution in [2.45, 2.75) is 35.4 Å². The summed E-state index contributed by atoms with van der Waals surface area (Å²) in [6.07, 6.45) is 0.158. The monoisotopic (exact) mass is 633 g/mol. The van der Waals surface area contributed by atoms with E-state index in [0.29, 0.717) is 20.7 Å². The van der Waals surface area contributed by atoms with Crippen LogP contribution < -0.4 is 10.1 Å². The molecule has 0 aliphatic carbocycles. The van der Waals surface area contributed by atoms with E-state index in [0.717, 1.165) is 26.9 Å². The van der Waals surface area contributed by atoms with E-state index in [2.05, 4.69) is 5.32 Å². The highest BCUT2D eigenvalue weighted by atomic mass is 32.2. The van der Waals surface area contributed by atoms with Gasteiger partial charge < -0.3 is 19.9 Å². The Morgan fingerprint density at radius 3 is 2.58 bits per heavy atom. The van der Waals surface area contributed by atoms with E-state index < -0.39 is 17.4 Å². The molecule has 12 heteroatoms. The number of aromatic nitrogens is 1. The lowest BCUT2D eigenvalue weighted by atomic mass is 10.0. The van der Waals surface area contributed by atoms with Crippen molar-refractivity contribution >= 4 is 62.9 Å². The van der Waals surface area contributed by atoms with Gasteiger partial charge in [-0.25, -0.2) is 9.78 Å². The van der Waals surface area contributed by atoms with Gasteiger partial charge in [-0.05, 0) is 41.0 Å². The standard InChI is InChI=1S/C31H27N3O6S3/c1-39-21-10-7-19(8-11-21)16-40-30(38)27-24(43-31-32-22-13-20(15-35)9-12-23(22)42-31)17-41-29-26(28(37)34(27)29)33-25(36)14-18-5-3-2-4-6-18/h2-13,26,29,35H,14-17H2,1H3,(H,33,36)/t26-,29+/m1/s1. The summed E-state index contributed by atoms with van der Waals surface area (Å²) < 4.78 is 12.6. The number of fused-ring (bicyclic) bond motifs is 2. The molecule has 0 spiro atoms. The molecule has 0 radical (unpaired) electrons. The Kier molecular flexibility index (Phi) is 8.70. The van der Waals surface area contributed by atoms with Gasteiger partial charge in [0.2, 0.25) is 5.91 Å². The number of hydrogen-bond acceptors (Lipinski definition) is 10. The molecular formula is C31H27N3O6S3. The summed E-state index contributed by atoms with van der Waals surface area (Å²) in [5.74, 6) is -0.0966. The number of thiazole rings is 1. The van der Waals surface area contributed by atoms with Gasteiger partial charge in [0, 0.05) is 10.7 Å². The summed E-state index contributed by atoms with van der Waals surface area (Å²) in [6.45, 7) is -0.0597. The second kappa shape index (κ2) is 12.8. The first kappa shape index (κ1) is 29.2. The quantitative estimate of drug-likeness (QED) is 0.192. The molecule has 220 valence electrons. The Bertz CT molecular complexity index is 1710. The summed E-state index contributed by atoms with van der Waals surface area (Å²) in [5, 5.41) is 11.9. The van der Waals surface area contributed by atoms with E-state index in [-0.39, 0.29) is 37.1 Å². The molecule has 1 aromatic heterocycles. The van der Waals surface area contributed by atoms with Crippen molar-refractivity contribution in [3.05, 3.63) is 100 Å². The predicted molar refractivity (Wildman–Crippen MR) is 166 cm³/mol. The number of nitrogens with one attached hydrogen (secondary N) is 1. The van der Waals surface area contributed by atoms with E-state index in [1.165, 1.54) is 39.8 Å². The second-order valence-electron chi connectivity index (χ2n) is 9.86. The number of ether oxygens (including phenoxy) is 2. The Balaban J connectivity index is 1.23. The Morgan fingerprint density at radius 1 is 1.07 bits per heavy atom. The van der Waals surface area contributed by atoms with Crippen LogP contribution in [0.1, 0.15) is 16.7 Å². The maximum absolute atomic E-state index is 13.6. The van der Waals surface area contributed by atoms with E-state index in [9.17, 15) is 19.5 Å². The summed E-state index contributed by atoms with van der Waals surface area (Å²) in [4.78, 5) is 46.6. The van der Waals surface area contributed by atoms with Crippen LogP contribution in [0.3, 0.4) is 0 Å². The van der Waals surface area contributed by atoms with Gasteiger partial charge in [0.1, 0.15) is 29.5 Å². The van der Waals surface area contributed by atoms with E-state index >= 15 is 0 Å². The molecule has 0 unspecified atom stereocenters. The van der Waals surface area contributed by atoms with Gasteiger partial charge in [0.15, 0.2) is 4.34 Å². The summed E-state index contributed by atoms with van der Waals surface area (Å²) in [6, 6.07) is 21.4. The van der Waals surface area contributed by atoms with Crippen molar-refractivity contribution in [1.29, 1.82) is 0 Å². The third-order valence-corrected chi connectivity index (χ3v) is 10.6. The molecule has 4 aromatic rings. The second-order valence-corrected chi connectivity index (χ2v) is 13.3. The molecule has 1 fully saturated rings. The maximum Gasteiger partial charge on any atom is 0.356 e. The third kappa shape index (κ3) is 6.28. The highest BCUT2D eigenvalue weighted by Gasteiger charge is 2.54. The highest BCUT2D eigenvalue weighted by Crippen LogP contribution is 2.46. The van der Waals surface area contributed by atoms with Gasteiger partial charge in [-0.15, -0.1) is 23.1 Å². The van der Waals surface area contributed by atoms with Crippen molar-refractivity contribution < 1.29 is 29.0 Å². The summed E-state index contributed by atoms with van der Waals surface area (Å²) in [7, 11) is 1.58. The van der Waals surface area contributed by atoms with Crippen LogP contribution >= 0.6 is 34.9 Å². The normalized spacial score (nSPS) is 17.8. The number of aliphatic hydroxyl groups excluding tert-OH is 1. The van der Waals surface area contributed by atoms with Crippen LogP contribution in [0, 0.1) is 0 Å². The van der Waals surface area contributed by atoms with Crippen LogP contribution in [0.4, 0.5) is 0 Å². The fourth-order valence-electron chi connectivity index (χ4n) is 4.80. The van der Waals surface area contributed by atoms with E-state index in [1.807, 2.05) is 60.7 Å². The molecule has 2 atom stereocenters. The maximum atomic E-state index is 13.6. The Morgan fingerprint density at radius 2 is 1.84 bits per heavy atom. The largest absolute Gasteiger partial charge is 0.497 e. The van der Waals surface area contributed by atoms with Crippen molar-refractivity contribution in [3.8, 4) is 5.75 Å². The molecule has 3 aromatic carbocycles. The van der Waals surface area contributed by atoms with Gasteiger partial charge >= 0.3 is 5.97 Å². The van der Waals surface area contributed by atoms with Gasteiger partial charge in [-0.2, -0.15) is 0 Å². The predicted octanol–water partition coefficient (Wildman–Crippen LogP) is 4.49. The molecule has 2 amide bonds. The number of aliphatic hydroxyl groups is 1. The number of carbonyl (C=O) groups is 3. The molecule has 0 bridgehead atoms. The van der Waals surface area contributed by atoms with Gasteiger partial charge in [-0.3, -0.25) is 14.5 Å². The smallest absolute Gasteiger partial charge is 0.356 e. The van der Waals surface area contributed by atoms with Gasteiger partial charge in [-0.1, -0.05) is 60.3 Å². The fraction of sp³-hybridized carbons (Fsp3) is 0.226. The highest BCUT2D eigenvalue weighted by molar-refractivity contribution is 8.07. The van der Waals surface area contributed by atoms with Crippen LogP contribution in [0.15, 0.2) is 87.7 Å². The first-order valence-corrected chi connectivity index (χ1v) is 16.1. The molecule has 6 rings (SSSR count). The molecule has 3 heterocycles. The minimum atomic E-state index is -0.739. The third-order valence-electron chi connectivity index (χ3n) is 7.01. The number of methoxy groups -OCH3 is 1. The molecule has 2 aliphatic rings. The molecule has 1 saturated heterocycles. The van der Waals surface area contributed by atoms with E-state index in [1.54, 1.807) is 19.2 Å². The Labute approximate surface area is 260 Å². The number of thioether (sulfide) groups is 2. The molecular weight excluding hydrogens is 607 g/mol. The van der Waals surface area contributed by atoms with Crippen LogP contribution in [0.5, 0.6) is 5.75 Å². The van der Waals surface area contributed by atoms with Crippen molar-refractivity contribution in [1.82, 2.24) is 15.2 Å². The first-order chi connectivity index (χ1) is 20.9. The first-order valence-electron chi connectivity index (χ1n) is 13.4. The summed E-state index contributed by atoms with van der Waals surface area (Å²) in [5.41, 5.74) is 3.32. The SMILES string of the molecule is COc1ccc(COC(=O)C2=C(Sc3nc4cc(CO)ccc4s3)CS[C@H]3[C@H](NC(=O)Cc4ccccc4)C(=O)N23)cc1. The van der Waals surface area contributed by atoms with Crippen molar-refractivity contribution in [2.75, 3.05) is 12.9 Å². The fourth-order valence-corrected chi connectivity index (χ4v) is 8.49. The minimum Gasteiger partial charge on any atom is -0.497 e. The number of benzene rings is 3. The average molecular weight is 634 g/mol. The molecule has 2 N–H and O–H groups in total. The molecule has 2 aliphatic heterocycles. The number of rotatable bonds is 10. The van der Waals surface area contributed by atoms with Crippen LogP contribution in [0.25, 0.3) is 10.2 Å². The average Bonchev–Trinajstić information content (AvgIpc) is 3.44. The molecule has 43 heavy (non-hydrogen) atoms. The van der Waals surface area contributed by atoms with Crippen molar-refractivity contribution in [2.24, 2.45) is 0 Å². The number of carbonyl (C=O) groups excluding carboxylic acids is 3. The Hall–Kier alpha value is -3.84. The van der Waals surface area contributed by atoms with Gasteiger partial charge in [0.25, 0.3) is 5.91 Å².